The lowest BCUT2D eigenvalue weighted by Crippen LogP contribution is -1.92. The molecular weight excluding hydrogens is 142 g/mol. The van der Waals surface area contributed by atoms with Crippen molar-refractivity contribution in [1.29, 1.82) is 0 Å². The van der Waals surface area contributed by atoms with Crippen LogP contribution in [0.5, 0.6) is 0 Å². The molecule has 0 amide bonds. The second kappa shape index (κ2) is 1.95. The van der Waals surface area contributed by atoms with Crippen molar-refractivity contribution in [2.45, 2.75) is 6.92 Å². The minimum absolute atomic E-state index is 0.587. The molecular formula is C7H7N3O. The Morgan fingerprint density at radius 3 is 2.82 bits per heavy atom. The maximum Gasteiger partial charge on any atom is 0.117 e. The third kappa shape index (κ3) is 0.920. The summed E-state index contributed by atoms with van der Waals surface area (Å²) in [6.45, 7) is 1.97. The second-order valence-corrected chi connectivity index (χ2v) is 2.46. The first kappa shape index (κ1) is 6.15. The molecule has 0 unspecified atom stereocenters. The molecule has 0 fully saturated rings. The summed E-state index contributed by atoms with van der Waals surface area (Å²) in [6, 6.07) is 5.62. The minimum Gasteiger partial charge on any atom is -0.396 e. The van der Waals surface area contributed by atoms with Crippen LogP contribution in [0.15, 0.2) is 18.2 Å². The lowest BCUT2D eigenvalue weighted by molar-refractivity contribution is 0.113. The highest BCUT2D eigenvalue weighted by molar-refractivity contribution is 5.73. The van der Waals surface area contributed by atoms with Crippen molar-refractivity contribution in [2.24, 2.45) is 0 Å². The summed E-state index contributed by atoms with van der Waals surface area (Å²) in [6.07, 6.45) is 0. The zero-order valence-electron chi connectivity index (χ0n) is 6.02. The van der Waals surface area contributed by atoms with Gasteiger partial charge in [0.2, 0.25) is 0 Å². The molecule has 0 spiro atoms. The number of aryl methyl sites for hydroxylation is 1. The number of hydrogen-bond donors (Lipinski definition) is 1. The normalized spacial score (nSPS) is 10.6. The van der Waals surface area contributed by atoms with Gasteiger partial charge in [-0.2, -0.15) is 0 Å². The van der Waals surface area contributed by atoms with Gasteiger partial charge in [0.05, 0.1) is 0 Å². The Kier molecular flexibility index (Phi) is 1.09. The number of fused-ring (bicyclic) bond motifs is 1. The third-order valence-corrected chi connectivity index (χ3v) is 1.53. The summed E-state index contributed by atoms with van der Waals surface area (Å²) in [5.74, 6) is 0. The molecule has 4 nitrogen and oxygen atoms in total. The zero-order valence-corrected chi connectivity index (χ0v) is 6.02. The average molecular weight is 149 g/mol. The number of rotatable bonds is 0. The van der Waals surface area contributed by atoms with Crippen LogP contribution in [0, 0.1) is 6.92 Å². The van der Waals surface area contributed by atoms with Crippen LogP contribution in [0.2, 0.25) is 0 Å². The molecule has 2 aromatic rings. The van der Waals surface area contributed by atoms with Crippen molar-refractivity contribution in [3.63, 3.8) is 0 Å². The van der Waals surface area contributed by atoms with Crippen molar-refractivity contribution in [2.75, 3.05) is 0 Å². The molecule has 0 saturated carbocycles. The Bertz CT molecular complexity index is 393. The van der Waals surface area contributed by atoms with Crippen LogP contribution in [0.25, 0.3) is 11.0 Å². The van der Waals surface area contributed by atoms with E-state index in [4.69, 9.17) is 5.21 Å². The van der Waals surface area contributed by atoms with E-state index in [2.05, 4.69) is 10.2 Å². The third-order valence-electron chi connectivity index (χ3n) is 1.53. The SMILES string of the molecule is Cc1ccc2nn(O)nc2c1. The van der Waals surface area contributed by atoms with Crippen LogP contribution in [-0.4, -0.2) is 20.4 Å². The fourth-order valence-corrected chi connectivity index (χ4v) is 1.01. The molecule has 1 heterocycles. The van der Waals surface area contributed by atoms with Gasteiger partial charge in [-0.3, -0.25) is 0 Å². The van der Waals surface area contributed by atoms with Crippen molar-refractivity contribution < 1.29 is 5.21 Å². The van der Waals surface area contributed by atoms with Crippen molar-refractivity contribution >= 4 is 11.0 Å². The van der Waals surface area contributed by atoms with E-state index in [1.807, 2.05) is 25.1 Å². The zero-order chi connectivity index (χ0) is 7.84. The van der Waals surface area contributed by atoms with Gasteiger partial charge in [0.1, 0.15) is 11.0 Å². The quantitative estimate of drug-likeness (QED) is 0.568. The highest BCUT2D eigenvalue weighted by Crippen LogP contribution is 2.09. The standard InChI is InChI=1S/C7H7N3O/c1-5-2-3-6-7(4-5)9-10(11)8-6/h2-4,11H,1H3. The first-order valence-electron chi connectivity index (χ1n) is 3.29. The van der Waals surface area contributed by atoms with E-state index in [0.29, 0.717) is 16.0 Å². The molecule has 1 aromatic carbocycles. The highest BCUT2D eigenvalue weighted by atomic mass is 16.5. The van der Waals surface area contributed by atoms with Gasteiger partial charge in [-0.05, 0) is 29.6 Å². The van der Waals surface area contributed by atoms with Gasteiger partial charge in [-0.15, -0.1) is 10.2 Å². The number of nitrogens with zero attached hydrogens (tertiary/aromatic N) is 3. The first-order chi connectivity index (χ1) is 5.25. The monoisotopic (exact) mass is 149 g/mol. The fourth-order valence-electron chi connectivity index (χ4n) is 1.01. The maximum absolute atomic E-state index is 8.84. The molecule has 0 saturated heterocycles. The number of hydrogen-bond acceptors (Lipinski definition) is 3. The second-order valence-electron chi connectivity index (χ2n) is 2.46. The molecule has 1 aromatic heterocycles. The number of benzene rings is 1. The predicted octanol–water partition coefficient (Wildman–Crippen LogP) is 0.977. The molecule has 0 aliphatic carbocycles. The van der Waals surface area contributed by atoms with E-state index in [1.54, 1.807) is 0 Å². The molecule has 2 rings (SSSR count). The smallest absolute Gasteiger partial charge is 0.117 e. The van der Waals surface area contributed by atoms with E-state index in [0.717, 1.165) is 5.56 Å². The molecule has 4 heteroatoms. The van der Waals surface area contributed by atoms with Gasteiger partial charge in [0.25, 0.3) is 0 Å². The highest BCUT2D eigenvalue weighted by Gasteiger charge is 1.99. The Labute approximate surface area is 63.0 Å². The molecule has 0 bridgehead atoms. The van der Waals surface area contributed by atoms with Crippen LogP contribution in [0.1, 0.15) is 5.56 Å². The Morgan fingerprint density at radius 1 is 1.27 bits per heavy atom. The summed E-state index contributed by atoms with van der Waals surface area (Å²) in [5.41, 5.74) is 2.53. The van der Waals surface area contributed by atoms with Gasteiger partial charge in [-0.25, -0.2) is 0 Å². The Morgan fingerprint density at radius 2 is 2.00 bits per heavy atom. The molecule has 56 valence electrons. The van der Waals surface area contributed by atoms with Crippen molar-refractivity contribution in [3.8, 4) is 0 Å². The van der Waals surface area contributed by atoms with Gasteiger partial charge in [0, 0.05) is 0 Å². The average Bonchev–Trinajstić information content (AvgIpc) is 2.27. The molecule has 1 N–H and O–H groups in total. The van der Waals surface area contributed by atoms with Crippen LogP contribution in [0.4, 0.5) is 0 Å². The number of aromatic nitrogens is 3. The van der Waals surface area contributed by atoms with Crippen LogP contribution in [0.3, 0.4) is 0 Å². The van der Waals surface area contributed by atoms with Crippen molar-refractivity contribution in [3.05, 3.63) is 23.8 Å². The van der Waals surface area contributed by atoms with E-state index in [1.165, 1.54) is 0 Å². The van der Waals surface area contributed by atoms with E-state index in [9.17, 15) is 0 Å². The first-order valence-corrected chi connectivity index (χ1v) is 3.29. The molecule has 0 atom stereocenters. The fraction of sp³-hybridized carbons (Fsp3) is 0.143. The van der Waals surface area contributed by atoms with Gasteiger partial charge in [0.15, 0.2) is 0 Å². The predicted molar refractivity (Wildman–Crippen MR) is 39.4 cm³/mol. The lowest BCUT2D eigenvalue weighted by Gasteiger charge is -1.86. The molecule has 0 aliphatic rings. The minimum atomic E-state index is 0.587. The van der Waals surface area contributed by atoms with Crippen LogP contribution >= 0.6 is 0 Å². The van der Waals surface area contributed by atoms with Crippen molar-refractivity contribution in [1.82, 2.24) is 15.2 Å². The van der Waals surface area contributed by atoms with Gasteiger partial charge in [-0.1, -0.05) is 6.07 Å². The topological polar surface area (TPSA) is 50.9 Å². The van der Waals surface area contributed by atoms with Gasteiger partial charge < -0.3 is 5.21 Å². The maximum atomic E-state index is 8.84. The molecule has 0 radical (unpaired) electrons. The van der Waals surface area contributed by atoms with E-state index >= 15 is 0 Å². The van der Waals surface area contributed by atoms with E-state index in [-0.39, 0.29) is 0 Å². The van der Waals surface area contributed by atoms with Crippen LogP contribution in [-0.2, 0) is 0 Å². The Hall–Kier alpha value is -1.58. The lowest BCUT2D eigenvalue weighted by atomic mass is 10.2. The summed E-state index contributed by atoms with van der Waals surface area (Å²) < 4.78 is 0. The van der Waals surface area contributed by atoms with E-state index < -0.39 is 0 Å². The molecule has 11 heavy (non-hydrogen) atoms. The van der Waals surface area contributed by atoms with Gasteiger partial charge >= 0.3 is 0 Å². The molecule has 0 aliphatic heterocycles. The largest absolute Gasteiger partial charge is 0.396 e. The summed E-state index contributed by atoms with van der Waals surface area (Å²) >= 11 is 0. The summed E-state index contributed by atoms with van der Waals surface area (Å²) in [4.78, 5) is 0.587. The summed E-state index contributed by atoms with van der Waals surface area (Å²) in [7, 11) is 0. The summed E-state index contributed by atoms with van der Waals surface area (Å²) in [5, 5.41) is 16.3. The van der Waals surface area contributed by atoms with Crippen LogP contribution < -0.4 is 0 Å². The Balaban J connectivity index is 2.82.